The summed E-state index contributed by atoms with van der Waals surface area (Å²) >= 11 is 12.6. The van der Waals surface area contributed by atoms with Crippen LogP contribution in [0.3, 0.4) is 0 Å². The third-order valence-corrected chi connectivity index (χ3v) is 10.7. The molecule has 4 rings (SSSR count). The number of sulfonamides is 1. The second kappa shape index (κ2) is 17.0. The quantitative estimate of drug-likeness (QED) is 0.126. The highest BCUT2D eigenvalue weighted by Crippen LogP contribution is 2.28. The zero-order valence-corrected chi connectivity index (χ0v) is 30.2. The van der Waals surface area contributed by atoms with Gasteiger partial charge >= 0.3 is 0 Å². The molecule has 0 aliphatic rings. The maximum atomic E-state index is 14.6. The Bertz CT molecular complexity index is 1780. The fourth-order valence-corrected chi connectivity index (χ4v) is 7.02. The van der Waals surface area contributed by atoms with Crippen LogP contribution >= 0.6 is 23.2 Å². The lowest BCUT2D eigenvalue weighted by Gasteiger charge is -2.34. The summed E-state index contributed by atoms with van der Waals surface area (Å²) in [5, 5.41) is 3.66. The predicted octanol–water partition coefficient (Wildman–Crippen LogP) is 8.18. The van der Waals surface area contributed by atoms with E-state index in [4.69, 9.17) is 23.2 Å². The number of unbranched alkanes of at least 4 members (excludes halogenated alkanes) is 1. The number of aryl methyl sites for hydroxylation is 1. The van der Waals surface area contributed by atoms with Crippen molar-refractivity contribution in [2.45, 2.75) is 70.4 Å². The number of carbonyl (C=O) groups is 2. The van der Waals surface area contributed by atoms with E-state index < -0.39 is 28.5 Å². The molecule has 0 aromatic heterocycles. The average Bonchev–Trinajstić information content (AvgIpc) is 3.07. The lowest BCUT2D eigenvalue weighted by atomic mass is 10.0. The van der Waals surface area contributed by atoms with Crippen LogP contribution in [0.4, 0.5) is 5.69 Å². The molecule has 254 valence electrons. The summed E-state index contributed by atoms with van der Waals surface area (Å²) in [7, 11) is -4.19. The number of amides is 2. The van der Waals surface area contributed by atoms with Gasteiger partial charge in [-0.2, -0.15) is 0 Å². The van der Waals surface area contributed by atoms with E-state index in [0.717, 1.165) is 33.8 Å². The molecule has 0 aliphatic carbocycles. The van der Waals surface area contributed by atoms with Crippen molar-refractivity contribution < 1.29 is 18.0 Å². The molecule has 0 aliphatic heterocycles. The second-order valence-electron chi connectivity index (χ2n) is 12.2. The molecule has 0 saturated carbocycles. The smallest absolute Gasteiger partial charge is 0.264 e. The number of nitrogens with zero attached hydrogens (tertiary/aromatic N) is 2. The van der Waals surface area contributed by atoms with Crippen molar-refractivity contribution in [3.05, 3.63) is 129 Å². The highest BCUT2D eigenvalue weighted by molar-refractivity contribution is 7.92. The number of carbonyl (C=O) groups excluding carboxylic acids is 2. The molecule has 0 unspecified atom stereocenters. The van der Waals surface area contributed by atoms with Gasteiger partial charge in [0.05, 0.1) is 20.6 Å². The van der Waals surface area contributed by atoms with Gasteiger partial charge in [0, 0.05) is 19.5 Å². The minimum absolute atomic E-state index is 0.000866. The molecule has 10 heteroatoms. The fraction of sp³-hybridized carbons (Fsp3) is 0.316. The number of benzene rings is 4. The summed E-state index contributed by atoms with van der Waals surface area (Å²) in [6.45, 7) is 7.93. The van der Waals surface area contributed by atoms with E-state index in [1.54, 1.807) is 42.5 Å². The second-order valence-corrected chi connectivity index (χ2v) is 14.9. The van der Waals surface area contributed by atoms with E-state index in [9.17, 15) is 18.0 Å². The van der Waals surface area contributed by atoms with Crippen molar-refractivity contribution >= 4 is 50.7 Å². The molecule has 4 aromatic carbocycles. The monoisotopic (exact) mass is 707 g/mol. The number of anilines is 1. The van der Waals surface area contributed by atoms with E-state index in [2.05, 4.69) is 19.2 Å². The SMILES string of the molecule is CCCCNC(=O)[C@@H](Cc1ccccc1)N(Cc1ccc(Cl)c(Cl)c1)C(=O)CN(c1ccc(C(C)C)cc1)S(=O)(=O)c1ccc(C)cc1. The summed E-state index contributed by atoms with van der Waals surface area (Å²) in [6, 6.07) is 27.2. The Balaban J connectivity index is 1.81. The maximum Gasteiger partial charge on any atom is 0.264 e. The van der Waals surface area contributed by atoms with Crippen molar-refractivity contribution in [3.8, 4) is 0 Å². The molecule has 2 amide bonds. The minimum atomic E-state index is -4.19. The van der Waals surface area contributed by atoms with E-state index in [1.807, 2.05) is 56.3 Å². The van der Waals surface area contributed by atoms with Crippen LogP contribution in [0.5, 0.6) is 0 Å². The normalized spacial score (nSPS) is 12.1. The molecular formula is C38H43Cl2N3O4S. The van der Waals surface area contributed by atoms with Gasteiger partial charge in [0.25, 0.3) is 10.0 Å². The van der Waals surface area contributed by atoms with E-state index in [-0.39, 0.29) is 29.7 Å². The Morgan fingerprint density at radius 2 is 1.50 bits per heavy atom. The Morgan fingerprint density at radius 1 is 0.833 bits per heavy atom. The Morgan fingerprint density at radius 3 is 2.10 bits per heavy atom. The molecule has 1 N–H and O–H groups in total. The number of halogens is 2. The first-order chi connectivity index (χ1) is 22.9. The van der Waals surface area contributed by atoms with Crippen molar-refractivity contribution in [2.24, 2.45) is 0 Å². The average molecular weight is 709 g/mol. The van der Waals surface area contributed by atoms with Gasteiger partial charge in [-0.1, -0.05) is 117 Å². The Labute approximate surface area is 294 Å². The van der Waals surface area contributed by atoms with Crippen LogP contribution in [0.2, 0.25) is 10.0 Å². The van der Waals surface area contributed by atoms with Crippen LogP contribution in [0, 0.1) is 6.92 Å². The van der Waals surface area contributed by atoms with Crippen molar-refractivity contribution in [1.29, 1.82) is 0 Å². The van der Waals surface area contributed by atoms with Crippen molar-refractivity contribution in [3.63, 3.8) is 0 Å². The molecule has 0 saturated heterocycles. The van der Waals surface area contributed by atoms with Gasteiger partial charge in [-0.15, -0.1) is 0 Å². The number of hydrogen-bond acceptors (Lipinski definition) is 4. The first-order valence-corrected chi connectivity index (χ1v) is 18.3. The number of rotatable bonds is 15. The van der Waals surface area contributed by atoms with Gasteiger partial charge in [-0.25, -0.2) is 8.42 Å². The van der Waals surface area contributed by atoms with Crippen LogP contribution in [0.1, 0.15) is 61.8 Å². The van der Waals surface area contributed by atoms with Crippen molar-refractivity contribution in [1.82, 2.24) is 10.2 Å². The van der Waals surface area contributed by atoms with Crippen LogP contribution in [0.15, 0.2) is 102 Å². The first-order valence-electron chi connectivity index (χ1n) is 16.1. The highest BCUT2D eigenvalue weighted by atomic mass is 35.5. The summed E-state index contributed by atoms with van der Waals surface area (Å²) in [5.74, 6) is -0.638. The summed E-state index contributed by atoms with van der Waals surface area (Å²) in [5.41, 5.74) is 3.78. The van der Waals surface area contributed by atoms with E-state index >= 15 is 0 Å². The van der Waals surface area contributed by atoms with Crippen LogP contribution in [0.25, 0.3) is 0 Å². The molecule has 4 aromatic rings. The fourth-order valence-electron chi connectivity index (χ4n) is 5.29. The molecule has 1 atom stereocenters. The van der Waals surface area contributed by atoms with Crippen LogP contribution in [-0.4, -0.2) is 44.3 Å². The third kappa shape index (κ3) is 9.62. The molecule has 0 radical (unpaired) electrons. The molecule has 0 bridgehead atoms. The van der Waals surface area contributed by atoms with Crippen LogP contribution in [-0.2, 0) is 32.6 Å². The van der Waals surface area contributed by atoms with Crippen molar-refractivity contribution in [2.75, 3.05) is 17.4 Å². The number of hydrogen-bond donors (Lipinski definition) is 1. The predicted molar refractivity (Wildman–Crippen MR) is 195 cm³/mol. The van der Waals surface area contributed by atoms with Crippen LogP contribution < -0.4 is 9.62 Å². The highest BCUT2D eigenvalue weighted by Gasteiger charge is 2.34. The Hall–Kier alpha value is -3.85. The van der Waals surface area contributed by atoms with Gasteiger partial charge in [0.15, 0.2) is 0 Å². The topological polar surface area (TPSA) is 86.8 Å². The van der Waals surface area contributed by atoms with E-state index in [1.165, 1.54) is 17.0 Å². The third-order valence-electron chi connectivity index (χ3n) is 8.17. The first kappa shape index (κ1) is 37.0. The molecule has 0 heterocycles. The molecule has 0 spiro atoms. The van der Waals surface area contributed by atoms with Gasteiger partial charge < -0.3 is 10.2 Å². The standard InChI is InChI=1S/C38H43Cl2N3O4S/c1-5-6-22-41-38(45)36(24-29-10-8-7-9-11-29)42(25-30-14-21-34(39)35(40)23-30)37(44)26-43(32-17-15-31(16-18-32)27(2)3)48(46,47)33-19-12-28(4)13-20-33/h7-21,23,27,36H,5-6,22,24-26H2,1-4H3,(H,41,45)/t36-/m1/s1. The summed E-state index contributed by atoms with van der Waals surface area (Å²) in [4.78, 5) is 30.1. The van der Waals surface area contributed by atoms with Gasteiger partial charge in [0.2, 0.25) is 11.8 Å². The summed E-state index contributed by atoms with van der Waals surface area (Å²) in [6.07, 6.45) is 1.89. The molecule has 0 fully saturated rings. The summed E-state index contributed by atoms with van der Waals surface area (Å²) < 4.78 is 29.7. The Kier molecular flexibility index (Phi) is 13.1. The maximum absolute atomic E-state index is 14.6. The van der Waals surface area contributed by atoms with Gasteiger partial charge in [-0.3, -0.25) is 13.9 Å². The molecule has 48 heavy (non-hydrogen) atoms. The van der Waals surface area contributed by atoms with Gasteiger partial charge in [0.1, 0.15) is 12.6 Å². The lowest BCUT2D eigenvalue weighted by molar-refractivity contribution is -0.140. The lowest BCUT2D eigenvalue weighted by Crippen LogP contribution is -2.53. The molecular weight excluding hydrogens is 665 g/mol. The largest absolute Gasteiger partial charge is 0.354 e. The van der Waals surface area contributed by atoms with Gasteiger partial charge in [-0.05, 0) is 72.4 Å². The van der Waals surface area contributed by atoms with E-state index in [0.29, 0.717) is 27.8 Å². The minimum Gasteiger partial charge on any atom is -0.354 e. The zero-order valence-electron chi connectivity index (χ0n) is 27.8. The number of nitrogens with one attached hydrogen (secondary N) is 1. The zero-order chi connectivity index (χ0) is 34.8. The molecule has 7 nitrogen and oxygen atoms in total.